The second-order valence-electron chi connectivity index (χ2n) is 5.41. The van der Waals surface area contributed by atoms with Crippen molar-refractivity contribution in [3.63, 3.8) is 0 Å². The Morgan fingerprint density at radius 1 is 1.29 bits per heavy atom. The predicted octanol–water partition coefficient (Wildman–Crippen LogP) is 3.20. The number of rotatable bonds is 6. The molecule has 21 heavy (non-hydrogen) atoms. The summed E-state index contributed by atoms with van der Waals surface area (Å²) < 4.78 is 0. The molecule has 2 rings (SSSR count). The van der Waals surface area contributed by atoms with Crippen LogP contribution in [0.25, 0.3) is 0 Å². The zero-order valence-electron chi connectivity index (χ0n) is 12.6. The van der Waals surface area contributed by atoms with E-state index >= 15 is 0 Å². The van der Waals surface area contributed by atoms with Crippen LogP contribution in [-0.4, -0.2) is 27.5 Å². The molecule has 1 saturated carbocycles. The maximum absolute atomic E-state index is 11.4. The first-order valence-electron chi connectivity index (χ1n) is 7.67. The molecule has 0 spiro atoms. The van der Waals surface area contributed by atoms with Gasteiger partial charge in [0, 0.05) is 12.6 Å². The van der Waals surface area contributed by atoms with E-state index in [1.54, 1.807) is 0 Å². The Labute approximate surface area is 124 Å². The van der Waals surface area contributed by atoms with E-state index < -0.39 is 4.92 Å². The maximum Gasteiger partial charge on any atom is 0.353 e. The van der Waals surface area contributed by atoms with Gasteiger partial charge in [-0.2, -0.15) is 0 Å². The monoisotopic (exact) mass is 293 g/mol. The van der Waals surface area contributed by atoms with Crippen molar-refractivity contribution in [3.05, 3.63) is 16.4 Å². The molecule has 1 heterocycles. The van der Waals surface area contributed by atoms with Gasteiger partial charge in [0.2, 0.25) is 11.6 Å². The third-order valence-corrected chi connectivity index (χ3v) is 4.10. The fraction of sp³-hybridized carbons (Fsp3) is 0.714. The highest BCUT2D eigenvalue weighted by Gasteiger charge is 2.28. The number of hydrogen-bond acceptors (Lipinski definition) is 6. The Kier molecular flexibility index (Phi) is 5.30. The van der Waals surface area contributed by atoms with Crippen molar-refractivity contribution in [2.45, 2.75) is 52.0 Å². The molecule has 1 aromatic heterocycles. The molecule has 0 bridgehead atoms. The number of hydrogen-bond donors (Lipinski definition) is 2. The van der Waals surface area contributed by atoms with Crippen LogP contribution in [0.1, 0.15) is 46.0 Å². The number of aromatic nitrogens is 2. The van der Waals surface area contributed by atoms with Crippen LogP contribution >= 0.6 is 0 Å². The molecule has 7 nitrogen and oxygen atoms in total. The highest BCUT2D eigenvalue weighted by atomic mass is 16.6. The molecule has 2 unspecified atom stereocenters. The van der Waals surface area contributed by atoms with Crippen molar-refractivity contribution in [2.75, 3.05) is 17.2 Å². The average molecular weight is 293 g/mol. The number of nitrogens with one attached hydrogen (secondary N) is 2. The summed E-state index contributed by atoms with van der Waals surface area (Å²) in [6.45, 7) is 4.63. The summed E-state index contributed by atoms with van der Waals surface area (Å²) in [4.78, 5) is 19.0. The summed E-state index contributed by atoms with van der Waals surface area (Å²) in [5.41, 5.74) is -0.0558. The smallest absolute Gasteiger partial charge is 0.353 e. The zero-order valence-corrected chi connectivity index (χ0v) is 12.6. The van der Waals surface area contributed by atoms with Gasteiger partial charge >= 0.3 is 5.69 Å². The van der Waals surface area contributed by atoms with Crippen LogP contribution in [-0.2, 0) is 0 Å². The first kappa shape index (κ1) is 15.5. The molecule has 1 aliphatic carbocycles. The van der Waals surface area contributed by atoms with Crippen LogP contribution in [0.2, 0.25) is 0 Å². The van der Waals surface area contributed by atoms with E-state index in [0.29, 0.717) is 18.3 Å². The van der Waals surface area contributed by atoms with E-state index in [-0.39, 0.29) is 17.5 Å². The van der Waals surface area contributed by atoms with E-state index in [1.807, 2.05) is 6.92 Å². The molecule has 0 amide bonds. The van der Waals surface area contributed by atoms with Gasteiger partial charge in [-0.1, -0.05) is 26.2 Å². The predicted molar refractivity (Wildman–Crippen MR) is 82.5 cm³/mol. The van der Waals surface area contributed by atoms with Gasteiger partial charge in [-0.25, -0.2) is 9.97 Å². The molecule has 0 saturated heterocycles. The Hall–Kier alpha value is -1.92. The Morgan fingerprint density at radius 3 is 2.67 bits per heavy atom. The lowest BCUT2D eigenvalue weighted by Gasteiger charge is -2.31. The third kappa shape index (κ3) is 3.59. The van der Waals surface area contributed by atoms with Crippen molar-refractivity contribution in [3.8, 4) is 0 Å². The second kappa shape index (κ2) is 7.19. The molecule has 7 heteroatoms. The Morgan fingerprint density at radius 2 is 2.00 bits per heavy atom. The maximum atomic E-state index is 11.4. The zero-order chi connectivity index (χ0) is 15.2. The summed E-state index contributed by atoms with van der Waals surface area (Å²) in [7, 11) is 0. The van der Waals surface area contributed by atoms with Crippen LogP contribution < -0.4 is 10.6 Å². The summed E-state index contributed by atoms with van der Waals surface area (Å²) in [6, 6.07) is 0.256. The van der Waals surface area contributed by atoms with Gasteiger partial charge in [-0.3, -0.25) is 10.1 Å². The molecule has 0 aliphatic heterocycles. The van der Waals surface area contributed by atoms with Crippen molar-refractivity contribution < 1.29 is 4.92 Å². The molecule has 2 atom stereocenters. The average Bonchev–Trinajstić information content (AvgIpc) is 2.48. The van der Waals surface area contributed by atoms with E-state index in [0.717, 1.165) is 19.3 Å². The summed E-state index contributed by atoms with van der Waals surface area (Å²) in [6.07, 6.45) is 7.06. The SMILES string of the molecule is CCNc1ncnc(NC2CCCCC2CC)c1[N+](=O)[O-]. The molecular formula is C14H23N5O2. The Bertz CT molecular complexity index is 494. The number of nitro groups is 1. The normalized spacial score (nSPS) is 21.8. The molecule has 0 aromatic carbocycles. The van der Waals surface area contributed by atoms with E-state index in [9.17, 15) is 10.1 Å². The molecular weight excluding hydrogens is 270 g/mol. The van der Waals surface area contributed by atoms with Gasteiger partial charge in [0.05, 0.1) is 4.92 Å². The molecule has 1 aliphatic rings. The lowest BCUT2D eigenvalue weighted by atomic mass is 9.83. The van der Waals surface area contributed by atoms with Crippen LogP contribution in [0.3, 0.4) is 0 Å². The highest BCUT2D eigenvalue weighted by Crippen LogP contribution is 2.33. The Balaban J connectivity index is 2.26. The van der Waals surface area contributed by atoms with Crippen LogP contribution in [0.5, 0.6) is 0 Å². The van der Waals surface area contributed by atoms with Crippen molar-refractivity contribution in [2.24, 2.45) is 5.92 Å². The minimum absolute atomic E-state index is 0.0558. The quantitative estimate of drug-likeness (QED) is 0.618. The van der Waals surface area contributed by atoms with Gasteiger partial charge in [-0.15, -0.1) is 0 Å². The van der Waals surface area contributed by atoms with Gasteiger partial charge in [0.15, 0.2) is 0 Å². The van der Waals surface area contributed by atoms with Gasteiger partial charge in [-0.05, 0) is 25.7 Å². The lowest BCUT2D eigenvalue weighted by molar-refractivity contribution is -0.383. The fourth-order valence-electron chi connectivity index (χ4n) is 3.02. The standard InChI is InChI=1S/C14H23N5O2/c1-3-10-7-5-6-8-11(10)18-14-12(19(20)21)13(15-4-2)16-9-17-14/h9-11H,3-8H2,1-2H3,(H2,15,16,17,18). The van der Waals surface area contributed by atoms with Gasteiger partial charge in [0.25, 0.3) is 0 Å². The fourth-order valence-corrected chi connectivity index (χ4v) is 3.02. The molecule has 116 valence electrons. The molecule has 0 radical (unpaired) electrons. The lowest BCUT2D eigenvalue weighted by Crippen LogP contribution is -2.32. The molecule has 1 aromatic rings. The first-order valence-corrected chi connectivity index (χ1v) is 7.67. The first-order chi connectivity index (χ1) is 10.2. The highest BCUT2D eigenvalue weighted by molar-refractivity contribution is 5.69. The minimum atomic E-state index is -0.413. The van der Waals surface area contributed by atoms with Crippen molar-refractivity contribution in [1.82, 2.24) is 9.97 Å². The topological polar surface area (TPSA) is 93.0 Å². The van der Waals surface area contributed by atoms with Crippen LogP contribution in [0, 0.1) is 16.0 Å². The van der Waals surface area contributed by atoms with Crippen LogP contribution in [0.4, 0.5) is 17.3 Å². The van der Waals surface area contributed by atoms with Crippen LogP contribution in [0.15, 0.2) is 6.33 Å². The molecule has 2 N–H and O–H groups in total. The van der Waals surface area contributed by atoms with Crippen molar-refractivity contribution in [1.29, 1.82) is 0 Å². The second-order valence-corrected chi connectivity index (χ2v) is 5.41. The molecule has 1 fully saturated rings. The largest absolute Gasteiger partial charge is 0.364 e. The summed E-state index contributed by atoms with van der Waals surface area (Å²) in [5.74, 6) is 1.16. The minimum Gasteiger partial charge on any atom is -0.364 e. The van der Waals surface area contributed by atoms with E-state index in [2.05, 4.69) is 27.5 Å². The van der Waals surface area contributed by atoms with Crippen molar-refractivity contribution >= 4 is 17.3 Å². The summed E-state index contributed by atoms with van der Waals surface area (Å²) in [5, 5.41) is 17.6. The van der Waals surface area contributed by atoms with Gasteiger partial charge < -0.3 is 10.6 Å². The number of anilines is 2. The van der Waals surface area contributed by atoms with E-state index in [1.165, 1.54) is 19.2 Å². The van der Waals surface area contributed by atoms with Gasteiger partial charge in [0.1, 0.15) is 6.33 Å². The third-order valence-electron chi connectivity index (χ3n) is 4.10. The van der Waals surface area contributed by atoms with E-state index in [4.69, 9.17) is 0 Å². The summed E-state index contributed by atoms with van der Waals surface area (Å²) >= 11 is 0. The number of nitrogens with zero attached hydrogens (tertiary/aromatic N) is 3.